The third-order valence-electron chi connectivity index (χ3n) is 3.33. The van der Waals surface area contributed by atoms with Gasteiger partial charge in [-0.15, -0.1) is 0 Å². The van der Waals surface area contributed by atoms with E-state index in [0.717, 1.165) is 13.2 Å². The van der Waals surface area contributed by atoms with Crippen molar-refractivity contribution in [3.63, 3.8) is 0 Å². The van der Waals surface area contributed by atoms with Crippen LogP contribution in [0.5, 0.6) is 0 Å². The second kappa shape index (κ2) is 7.19. The summed E-state index contributed by atoms with van der Waals surface area (Å²) in [5.74, 6) is -1.80. The zero-order valence-corrected chi connectivity index (χ0v) is 14.5. The van der Waals surface area contributed by atoms with Gasteiger partial charge >= 0.3 is 17.7 Å². The van der Waals surface area contributed by atoms with Gasteiger partial charge in [-0.25, -0.2) is 9.59 Å². The number of rotatable bonds is 5. The van der Waals surface area contributed by atoms with Crippen LogP contribution >= 0.6 is 0 Å². The van der Waals surface area contributed by atoms with Crippen molar-refractivity contribution in [1.29, 1.82) is 0 Å². The maximum Gasteiger partial charge on any atom is 0.439 e. The molecule has 0 amide bonds. The molecule has 0 saturated heterocycles. The van der Waals surface area contributed by atoms with E-state index in [9.17, 15) is 9.59 Å². The average molecular weight is 314 g/mol. The Morgan fingerprint density at radius 3 is 2.00 bits per heavy atom. The maximum atomic E-state index is 11.6. The van der Waals surface area contributed by atoms with E-state index in [-0.39, 0.29) is 10.8 Å². The predicted molar refractivity (Wildman–Crippen MR) is 79.0 cm³/mol. The quantitative estimate of drug-likeness (QED) is 0.147. The molecular weight excluding hydrogens is 292 g/mol. The topological polar surface area (TPSA) is 98.2 Å². The minimum Gasteiger partial charge on any atom is -0.538 e. The molecule has 7 nitrogen and oxygen atoms in total. The Kier molecular flexibility index (Phi) is 6.53. The Morgan fingerprint density at radius 1 is 1.14 bits per heavy atom. The molecule has 0 aromatic heterocycles. The largest absolute Gasteiger partial charge is 0.538 e. The Hall–Kier alpha value is -1.92. The fourth-order valence-corrected chi connectivity index (χ4v) is 2.04. The molecular formula is C13H22N2O5Si. The first kappa shape index (κ1) is 19.1. The van der Waals surface area contributed by atoms with E-state index in [4.69, 9.17) is 9.96 Å². The second-order valence-electron chi connectivity index (χ2n) is 5.83. The number of nitrogens with zero attached hydrogens (tertiary/aromatic N) is 2. The summed E-state index contributed by atoms with van der Waals surface area (Å²) in [5, 5.41) is -0.182. The van der Waals surface area contributed by atoms with Crippen LogP contribution in [0.15, 0.2) is 11.8 Å². The highest BCUT2D eigenvalue weighted by Crippen LogP contribution is 2.38. The highest BCUT2D eigenvalue weighted by molar-refractivity contribution is 6.74. The van der Waals surface area contributed by atoms with Gasteiger partial charge in [0.15, 0.2) is 0 Å². The molecule has 0 saturated carbocycles. The minimum atomic E-state index is -2.36. The van der Waals surface area contributed by atoms with Crippen molar-refractivity contribution in [2.45, 2.75) is 38.9 Å². The van der Waals surface area contributed by atoms with Gasteiger partial charge in [0.25, 0.3) is 8.32 Å². The summed E-state index contributed by atoms with van der Waals surface area (Å²) in [4.78, 5) is 25.9. The zero-order chi connectivity index (χ0) is 16.8. The summed E-state index contributed by atoms with van der Waals surface area (Å²) in [6.07, 6.45) is 0.965. The molecule has 21 heavy (non-hydrogen) atoms. The fourth-order valence-electron chi connectivity index (χ4n) is 1.03. The summed E-state index contributed by atoms with van der Waals surface area (Å²) in [5.41, 5.74) is 8.53. The van der Waals surface area contributed by atoms with E-state index < -0.39 is 26.0 Å². The van der Waals surface area contributed by atoms with Crippen molar-refractivity contribution < 1.29 is 28.3 Å². The van der Waals surface area contributed by atoms with Crippen LogP contribution in [0.1, 0.15) is 20.8 Å². The Bertz CT molecular complexity index is 499. The molecule has 8 heteroatoms. The van der Waals surface area contributed by atoms with Gasteiger partial charge in [0.05, 0.1) is 20.3 Å². The van der Waals surface area contributed by atoms with Crippen LogP contribution in [0.3, 0.4) is 0 Å². The summed E-state index contributed by atoms with van der Waals surface area (Å²) in [7, 11) is -0.0353. The lowest BCUT2D eigenvalue weighted by molar-refractivity contribution is -0.137. The minimum absolute atomic E-state index is 0.164. The predicted octanol–water partition coefficient (Wildman–Crippen LogP) is 1.91. The smallest absolute Gasteiger partial charge is 0.439 e. The van der Waals surface area contributed by atoms with E-state index >= 15 is 0 Å². The molecule has 0 rings (SSSR count). The molecule has 0 radical (unpaired) electrons. The molecule has 0 unspecified atom stereocenters. The summed E-state index contributed by atoms with van der Waals surface area (Å²) >= 11 is 0. The lowest BCUT2D eigenvalue weighted by atomic mass is 10.2. The number of hydrogen-bond acceptors (Lipinski definition) is 5. The number of ether oxygens (including phenoxy) is 2. The third-order valence-corrected chi connectivity index (χ3v) is 7.68. The molecule has 0 aliphatic carbocycles. The van der Waals surface area contributed by atoms with Gasteiger partial charge in [0, 0.05) is 0 Å². The Balaban J connectivity index is 5.78. The van der Waals surface area contributed by atoms with E-state index in [2.05, 4.69) is 14.3 Å². The van der Waals surface area contributed by atoms with Crippen LogP contribution in [0.25, 0.3) is 5.53 Å². The summed E-state index contributed by atoms with van der Waals surface area (Å²) in [6.45, 7) is 9.81. The zero-order valence-electron chi connectivity index (χ0n) is 13.5. The van der Waals surface area contributed by atoms with Crippen molar-refractivity contribution in [2.75, 3.05) is 14.2 Å². The lowest BCUT2D eigenvalue weighted by Crippen LogP contribution is -2.42. The van der Waals surface area contributed by atoms with Crippen molar-refractivity contribution in [2.24, 2.45) is 0 Å². The molecule has 0 aliphatic rings. The van der Waals surface area contributed by atoms with Gasteiger partial charge in [-0.1, -0.05) is 20.8 Å². The average Bonchev–Trinajstić information content (AvgIpc) is 2.37. The van der Waals surface area contributed by atoms with Crippen LogP contribution in [0, 0.1) is 0 Å². The summed E-state index contributed by atoms with van der Waals surface area (Å²) in [6, 6.07) is 0. The van der Waals surface area contributed by atoms with Gasteiger partial charge in [0.1, 0.15) is 0 Å². The van der Waals surface area contributed by atoms with E-state index in [1.807, 2.05) is 33.9 Å². The molecule has 0 bridgehead atoms. The van der Waals surface area contributed by atoms with Crippen LogP contribution < -0.4 is 0 Å². The SMILES string of the molecule is COC(=O)/C=C(/O[Si](C)(C)C(C)(C)C)C(=[N+]=[N-])C(=O)OC. The maximum absolute atomic E-state index is 11.6. The first-order valence-corrected chi connectivity index (χ1v) is 9.20. The molecule has 0 fully saturated rings. The van der Waals surface area contributed by atoms with Crippen LogP contribution in [-0.4, -0.2) is 45.0 Å². The highest BCUT2D eigenvalue weighted by Gasteiger charge is 2.43. The number of esters is 2. The van der Waals surface area contributed by atoms with Gasteiger partial charge in [-0.05, 0) is 18.1 Å². The van der Waals surface area contributed by atoms with Gasteiger partial charge in [0.2, 0.25) is 5.76 Å². The lowest BCUT2D eigenvalue weighted by Gasteiger charge is -2.36. The third kappa shape index (κ3) is 5.16. The van der Waals surface area contributed by atoms with E-state index in [1.54, 1.807) is 0 Å². The molecule has 0 aromatic rings. The first-order valence-electron chi connectivity index (χ1n) is 6.29. The monoisotopic (exact) mass is 314 g/mol. The number of hydrogen-bond donors (Lipinski definition) is 0. The van der Waals surface area contributed by atoms with Crippen molar-refractivity contribution >= 4 is 26.0 Å². The van der Waals surface area contributed by atoms with E-state index in [0.29, 0.717) is 0 Å². The highest BCUT2D eigenvalue weighted by atomic mass is 28.4. The second-order valence-corrected chi connectivity index (χ2v) is 10.6. The fraction of sp³-hybridized carbons (Fsp3) is 0.615. The first-order chi connectivity index (χ1) is 9.50. The van der Waals surface area contributed by atoms with E-state index in [1.165, 1.54) is 7.11 Å². The molecule has 0 aromatic carbocycles. The molecule has 0 aliphatic heterocycles. The van der Waals surface area contributed by atoms with Crippen molar-refractivity contribution in [3.05, 3.63) is 17.4 Å². The molecule has 0 heterocycles. The van der Waals surface area contributed by atoms with Crippen LogP contribution in [-0.2, 0) is 23.5 Å². The molecule has 0 spiro atoms. The number of carbonyl (C=O) groups is 2. The normalized spacial score (nSPS) is 12.2. The molecule has 0 atom stereocenters. The standard InChI is InChI=1S/C13H22N2O5Si/c1-13(2,3)21(6,7)20-9(8-10(16)18-4)11(15-14)12(17)19-5/h8H,1-7H3/b9-8+. The van der Waals surface area contributed by atoms with Crippen LogP contribution in [0.4, 0.5) is 0 Å². The summed E-state index contributed by atoms with van der Waals surface area (Å²) < 4.78 is 14.9. The van der Waals surface area contributed by atoms with Crippen LogP contribution in [0.2, 0.25) is 18.1 Å². The number of carbonyl (C=O) groups excluding carboxylic acids is 2. The van der Waals surface area contributed by atoms with Gasteiger partial charge < -0.3 is 19.4 Å². The Labute approximate surface area is 125 Å². The van der Waals surface area contributed by atoms with Crippen molar-refractivity contribution in [3.8, 4) is 0 Å². The molecule has 0 N–H and O–H groups in total. The Morgan fingerprint density at radius 2 is 1.67 bits per heavy atom. The van der Waals surface area contributed by atoms with Gasteiger partial charge in [-0.3, -0.25) is 0 Å². The number of methoxy groups -OCH3 is 2. The van der Waals surface area contributed by atoms with Crippen molar-refractivity contribution in [1.82, 2.24) is 0 Å². The van der Waals surface area contributed by atoms with Gasteiger partial charge in [-0.2, -0.15) is 4.79 Å². The molecule has 118 valence electrons.